The Hall–Kier alpha value is -1.05. The van der Waals surface area contributed by atoms with Gasteiger partial charge in [0.2, 0.25) is 0 Å². The van der Waals surface area contributed by atoms with Crippen LogP contribution in [-0.4, -0.2) is 26.2 Å². The van der Waals surface area contributed by atoms with Crippen molar-refractivity contribution in [2.75, 3.05) is 25.0 Å². The quantitative estimate of drug-likeness (QED) is 0.911. The maximum atomic E-state index is 9.18. The molecule has 1 atom stereocenters. The Morgan fingerprint density at radius 1 is 1.53 bits per heavy atom. The topological polar surface area (TPSA) is 39.1 Å². The summed E-state index contributed by atoms with van der Waals surface area (Å²) in [4.78, 5) is 2.22. The van der Waals surface area contributed by atoms with Gasteiger partial charge in [-0.1, -0.05) is 15.9 Å². The van der Waals surface area contributed by atoms with Crippen molar-refractivity contribution in [1.29, 1.82) is 5.26 Å². The Balaban J connectivity index is 2.23. The van der Waals surface area contributed by atoms with Gasteiger partial charge in [-0.05, 0) is 37.6 Å². The molecule has 2 rings (SSSR count). The van der Waals surface area contributed by atoms with Crippen LogP contribution in [0.3, 0.4) is 0 Å². The Morgan fingerprint density at radius 2 is 2.35 bits per heavy atom. The molecule has 0 bridgehead atoms. The van der Waals surface area contributed by atoms with Crippen molar-refractivity contribution in [1.82, 2.24) is 5.32 Å². The van der Waals surface area contributed by atoms with Crippen LogP contribution >= 0.6 is 15.9 Å². The third kappa shape index (κ3) is 2.80. The predicted octanol–water partition coefficient (Wildman–Crippen LogP) is 2.51. The second-order valence-electron chi connectivity index (χ2n) is 4.38. The van der Waals surface area contributed by atoms with E-state index in [9.17, 15) is 5.26 Å². The number of likely N-dealkylation sites (N-methyl/N-ethyl adjacent to an activating group) is 1. The molecule has 1 unspecified atom stereocenters. The average molecular weight is 294 g/mol. The molecule has 0 radical (unpaired) electrons. The second-order valence-corrected chi connectivity index (χ2v) is 5.30. The van der Waals surface area contributed by atoms with Gasteiger partial charge in [-0.25, -0.2) is 0 Å². The van der Waals surface area contributed by atoms with Gasteiger partial charge in [-0.3, -0.25) is 0 Å². The number of hydrogen-bond acceptors (Lipinski definition) is 3. The summed E-state index contributed by atoms with van der Waals surface area (Å²) in [5.41, 5.74) is 1.75. The van der Waals surface area contributed by atoms with Gasteiger partial charge in [0.05, 0.1) is 11.3 Å². The summed E-state index contributed by atoms with van der Waals surface area (Å²) in [5, 5.41) is 12.6. The molecule has 1 aromatic carbocycles. The molecule has 1 fully saturated rings. The normalized spacial score (nSPS) is 19.7. The van der Waals surface area contributed by atoms with E-state index in [-0.39, 0.29) is 0 Å². The van der Waals surface area contributed by atoms with Gasteiger partial charge in [0, 0.05) is 24.1 Å². The standard InChI is InChI=1S/C13H16BrN3/c1-17(12-3-2-6-16-9-12)13-5-4-11(14)7-10(13)8-15/h4-5,7,12,16H,2-3,6,9H2,1H3. The number of nitrogens with zero attached hydrogens (tertiary/aromatic N) is 2. The zero-order valence-electron chi connectivity index (χ0n) is 9.91. The van der Waals surface area contributed by atoms with Crippen LogP contribution in [0.25, 0.3) is 0 Å². The lowest BCUT2D eigenvalue weighted by Crippen LogP contribution is -2.44. The fourth-order valence-corrected chi connectivity index (χ4v) is 2.63. The highest BCUT2D eigenvalue weighted by atomic mass is 79.9. The van der Waals surface area contributed by atoms with E-state index in [1.54, 1.807) is 0 Å². The molecule has 1 aliphatic rings. The van der Waals surface area contributed by atoms with E-state index in [0.717, 1.165) is 28.8 Å². The highest BCUT2D eigenvalue weighted by molar-refractivity contribution is 9.10. The molecule has 4 heteroatoms. The molecule has 90 valence electrons. The zero-order chi connectivity index (χ0) is 12.3. The number of piperidine rings is 1. The van der Waals surface area contributed by atoms with Crippen molar-refractivity contribution in [2.45, 2.75) is 18.9 Å². The molecule has 0 spiro atoms. The van der Waals surface area contributed by atoms with E-state index in [1.807, 2.05) is 18.2 Å². The smallest absolute Gasteiger partial charge is 0.101 e. The van der Waals surface area contributed by atoms with Gasteiger partial charge in [0.1, 0.15) is 6.07 Å². The lowest BCUT2D eigenvalue weighted by molar-refractivity contribution is 0.445. The largest absolute Gasteiger partial charge is 0.369 e. The van der Waals surface area contributed by atoms with Crippen LogP contribution in [0.1, 0.15) is 18.4 Å². The molecule has 17 heavy (non-hydrogen) atoms. The molecule has 1 aromatic rings. The molecule has 0 aliphatic carbocycles. The maximum Gasteiger partial charge on any atom is 0.101 e. The van der Waals surface area contributed by atoms with E-state index in [2.05, 4.69) is 39.3 Å². The van der Waals surface area contributed by atoms with Crippen LogP contribution in [0.2, 0.25) is 0 Å². The van der Waals surface area contributed by atoms with Gasteiger partial charge in [0.25, 0.3) is 0 Å². The fourth-order valence-electron chi connectivity index (χ4n) is 2.27. The SMILES string of the molecule is CN(c1ccc(Br)cc1C#N)C1CCCNC1. The number of anilines is 1. The summed E-state index contributed by atoms with van der Waals surface area (Å²) in [6.07, 6.45) is 2.39. The van der Waals surface area contributed by atoms with Crippen LogP contribution in [-0.2, 0) is 0 Å². The minimum Gasteiger partial charge on any atom is -0.369 e. The summed E-state index contributed by atoms with van der Waals surface area (Å²) in [6, 6.07) is 8.62. The van der Waals surface area contributed by atoms with Gasteiger partial charge >= 0.3 is 0 Å². The summed E-state index contributed by atoms with van der Waals surface area (Å²) in [7, 11) is 2.07. The molecule has 0 saturated carbocycles. The van der Waals surface area contributed by atoms with E-state index < -0.39 is 0 Å². The Bertz CT molecular complexity index is 433. The molecule has 1 aliphatic heterocycles. The van der Waals surface area contributed by atoms with Crippen molar-refractivity contribution < 1.29 is 0 Å². The summed E-state index contributed by atoms with van der Waals surface area (Å²) in [5.74, 6) is 0. The molecule has 1 N–H and O–H groups in total. The first kappa shape index (κ1) is 12.4. The average Bonchev–Trinajstić information content (AvgIpc) is 2.39. The molecule has 3 nitrogen and oxygen atoms in total. The molecular weight excluding hydrogens is 278 g/mol. The van der Waals surface area contributed by atoms with Gasteiger partial charge < -0.3 is 10.2 Å². The van der Waals surface area contributed by atoms with Crippen molar-refractivity contribution in [2.24, 2.45) is 0 Å². The number of nitriles is 1. The highest BCUT2D eigenvalue weighted by Crippen LogP contribution is 2.26. The number of benzene rings is 1. The van der Waals surface area contributed by atoms with Crippen LogP contribution < -0.4 is 10.2 Å². The predicted molar refractivity (Wildman–Crippen MR) is 73.2 cm³/mol. The second kappa shape index (κ2) is 5.52. The van der Waals surface area contributed by atoms with Crippen LogP contribution in [0.4, 0.5) is 5.69 Å². The van der Waals surface area contributed by atoms with Crippen molar-refractivity contribution in [3.8, 4) is 6.07 Å². The number of nitrogens with one attached hydrogen (secondary N) is 1. The van der Waals surface area contributed by atoms with E-state index in [4.69, 9.17) is 0 Å². The Kier molecular flexibility index (Phi) is 4.03. The maximum absolute atomic E-state index is 9.18. The van der Waals surface area contributed by atoms with Crippen molar-refractivity contribution in [3.63, 3.8) is 0 Å². The van der Waals surface area contributed by atoms with Crippen LogP contribution in [0.5, 0.6) is 0 Å². The first-order valence-corrected chi connectivity index (χ1v) is 6.65. The van der Waals surface area contributed by atoms with Crippen LogP contribution in [0, 0.1) is 11.3 Å². The van der Waals surface area contributed by atoms with Gasteiger partial charge in [-0.2, -0.15) is 5.26 Å². The highest BCUT2D eigenvalue weighted by Gasteiger charge is 2.19. The summed E-state index contributed by atoms with van der Waals surface area (Å²) in [6.45, 7) is 2.10. The first-order chi connectivity index (χ1) is 8.22. The molecule has 0 aromatic heterocycles. The first-order valence-electron chi connectivity index (χ1n) is 5.85. The zero-order valence-corrected chi connectivity index (χ0v) is 11.5. The molecule has 1 heterocycles. The van der Waals surface area contributed by atoms with Gasteiger partial charge in [-0.15, -0.1) is 0 Å². The van der Waals surface area contributed by atoms with Crippen molar-refractivity contribution in [3.05, 3.63) is 28.2 Å². The number of rotatable bonds is 2. The summed E-state index contributed by atoms with van der Waals surface area (Å²) >= 11 is 3.40. The van der Waals surface area contributed by atoms with E-state index >= 15 is 0 Å². The number of halogens is 1. The van der Waals surface area contributed by atoms with E-state index in [0.29, 0.717) is 6.04 Å². The minimum atomic E-state index is 0.483. The molecular formula is C13H16BrN3. The molecule has 1 saturated heterocycles. The number of hydrogen-bond donors (Lipinski definition) is 1. The minimum absolute atomic E-state index is 0.483. The Morgan fingerprint density at radius 3 is 3.00 bits per heavy atom. The third-order valence-corrected chi connectivity index (χ3v) is 3.77. The lowest BCUT2D eigenvalue weighted by Gasteiger charge is -2.33. The van der Waals surface area contributed by atoms with Gasteiger partial charge in [0.15, 0.2) is 0 Å². The Labute approximate surface area is 111 Å². The molecule has 0 amide bonds. The monoisotopic (exact) mass is 293 g/mol. The fraction of sp³-hybridized carbons (Fsp3) is 0.462. The third-order valence-electron chi connectivity index (χ3n) is 3.28. The van der Waals surface area contributed by atoms with Crippen LogP contribution in [0.15, 0.2) is 22.7 Å². The lowest BCUT2D eigenvalue weighted by atomic mass is 10.0. The van der Waals surface area contributed by atoms with E-state index in [1.165, 1.54) is 12.8 Å². The summed E-state index contributed by atoms with van der Waals surface area (Å²) < 4.78 is 0.952. The van der Waals surface area contributed by atoms with Crippen molar-refractivity contribution >= 4 is 21.6 Å².